The lowest BCUT2D eigenvalue weighted by atomic mass is 10.3. The highest BCUT2D eigenvalue weighted by atomic mass is 35.5. The normalized spacial score (nSPS) is 17.4. The number of carbonyl (C=O) groups excluding carboxylic acids is 1. The number of piperazine rings is 1. The highest BCUT2D eigenvalue weighted by Crippen LogP contribution is 2.30. The Morgan fingerprint density at radius 2 is 2.00 bits per heavy atom. The zero-order valence-corrected chi connectivity index (χ0v) is 12.7. The SMILES string of the molecule is COc1ccc(Cl)cc1S(=O)(=O)N1CCN(C)C(=O)C1. The predicted octanol–water partition coefficient (Wildman–Crippen LogP) is 0.811. The van der Waals surface area contributed by atoms with Crippen LogP contribution in [0.4, 0.5) is 0 Å². The predicted molar refractivity (Wildman–Crippen MR) is 74.4 cm³/mol. The van der Waals surface area contributed by atoms with Crippen molar-refractivity contribution in [2.45, 2.75) is 4.90 Å². The van der Waals surface area contributed by atoms with E-state index >= 15 is 0 Å². The fourth-order valence-corrected chi connectivity index (χ4v) is 3.73. The molecule has 8 heteroatoms. The Bertz CT molecular complexity index is 632. The molecule has 0 aliphatic carbocycles. The van der Waals surface area contributed by atoms with Crippen LogP contribution in [0, 0.1) is 0 Å². The number of halogens is 1. The molecule has 0 saturated carbocycles. The summed E-state index contributed by atoms with van der Waals surface area (Å²) < 4.78 is 31.4. The Kier molecular flexibility index (Phi) is 4.22. The van der Waals surface area contributed by atoms with Crippen molar-refractivity contribution in [1.29, 1.82) is 0 Å². The van der Waals surface area contributed by atoms with Crippen LogP contribution < -0.4 is 4.74 Å². The number of rotatable bonds is 3. The van der Waals surface area contributed by atoms with Gasteiger partial charge in [0, 0.05) is 25.2 Å². The molecule has 0 radical (unpaired) electrons. The maximum Gasteiger partial charge on any atom is 0.247 e. The number of sulfonamides is 1. The lowest BCUT2D eigenvalue weighted by Crippen LogP contribution is -2.50. The Hall–Kier alpha value is -1.31. The summed E-state index contributed by atoms with van der Waals surface area (Å²) in [5.74, 6) is -0.0263. The second-order valence-electron chi connectivity index (χ2n) is 4.45. The zero-order valence-electron chi connectivity index (χ0n) is 11.2. The molecule has 1 fully saturated rings. The third-order valence-corrected chi connectivity index (χ3v) is 5.27. The molecule has 2 rings (SSSR count). The first-order valence-electron chi connectivity index (χ1n) is 5.94. The smallest absolute Gasteiger partial charge is 0.247 e. The summed E-state index contributed by atoms with van der Waals surface area (Å²) in [6.45, 7) is 0.440. The molecule has 20 heavy (non-hydrogen) atoms. The van der Waals surface area contributed by atoms with Gasteiger partial charge in [0.2, 0.25) is 15.9 Å². The van der Waals surface area contributed by atoms with E-state index in [1.54, 1.807) is 13.1 Å². The molecule has 1 amide bonds. The molecule has 0 bridgehead atoms. The fraction of sp³-hybridized carbons (Fsp3) is 0.417. The van der Waals surface area contributed by atoms with Gasteiger partial charge in [0.05, 0.1) is 13.7 Å². The molecule has 0 atom stereocenters. The van der Waals surface area contributed by atoms with Gasteiger partial charge in [-0.05, 0) is 18.2 Å². The van der Waals surface area contributed by atoms with E-state index in [0.29, 0.717) is 11.6 Å². The maximum atomic E-state index is 12.6. The largest absolute Gasteiger partial charge is 0.495 e. The second kappa shape index (κ2) is 5.59. The molecule has 1 aromatic carbocycles. The van der Waals surface area contributed by atoms with Crippen molar-refractivity contribution in [3.8, 4) is 5.75 Å². The molecule has 0 spiro atoms. The van der Waals surface area contributed by atoms with Gasteiger partial charge >= 0.3 is 0 Å². The number of amides is 1. The van der Waals surface area contributed by atoms with Crippen molar-refractivity contribution in [1.82, 2.24) is 9.21 Å². The molecular weight excluding hydrogens is 304 g/mol. The average molecular weight is 319 g/mol. The van der Waals surface area contributed by atoms with Crippen molar-refractivity contribution in [2.75, 3.05) is 33.8 Å². The second-order valence-corrected chi connectivity index (χ2v) is 6.79. The third kappa shape index (κ3) is 2.74. The molecule has 0 N–H and O–H groups in total. The van der Waals surface area contributed by atoms with Crippen LogP contribution in [0.15, 0.2) is 23.1 Å². The van der Waals surface area contributed by atoms with Crippen molar-refractivity contribution in [3.05, 3.63) is 23.2 Å². The zero-order chi connectivity index (χ0) is 14.9. The third-order valence-electron chi connectivity index (χ3n) is 3.17. The number of hydrogen-bond donors (Lipinski definition) is 0. The minimum absolute atomic E-state index is 0.0233. The summed E-state index contributed by atoms with van der Waals surface area (Å²) in [6, 6.07) is 4.38. The molecule has 1 aliphatic heterocycles. The molecular formula is C12H15ClN2O4S. The minimum atomic E-state index is -3.81. The van der Waals surface area contributed by atoms with Crippen LogP contribution in [0.3, 0.4) is 0 Å². The summed E-state index contributed by atoms with van der Waals surface area (Å²) in [7, 11) is -0.776. The van der Waals surface area contributed by atoms with Gasteiger partial charge < -0.3 is 9.64 Å². The minimum Gasteiger partial charge on any atom is -0.495 e. The molecule has 1 heterocycles. The van der Waals surface area contributed by atoms with Crippen LogP contribution in [0.1, 0.15) is 0 Å². The van der Waals surface area contributed by atoms with E-state index in [1.165, 1.54) is 24.1 Å². The molecule has 0 aromatic heterocycles. The molecule has 1 saturated heterocycles. The summed E-state index contributed by atoms with van der Waals surface area (Å²) in [5.41, 5.74) is 0. The first-order chi connectivity index (χ1) is 9.36. The lowest BCUT2D eigenvalue weighted by molar-refractivity contribution is -0.132. The molecule has 6 nitrogen and oxygen atoms in total. The Labute approximate surface area is 122 Å². The van der Waals surface area contributed by atoms with E-state index in [2.05, 4.69) is 0 Å². The number of carbonyl (C=O) groups is 1. The van der Waals surface area contributed by atoms with Crippen molar-refractivity contribution >= 4 is 27.5 Å². The quantitative estimate of drug-likeness (QED) is 0.827. The van der Waals surface area contributed by atoms with Gasteiger partial charge in [0.15, 0.2) is 0 Å². The highest BCUT2D eigenvalue weighted by molar-refractivity contribution is 7.89. The van der Waals surface area contributed by atoms with Crippen LogP contribution in [-0.4, -0.2) is 57.3 Å². The van der Waals surface area contributed by atoms with Gasteiger partial charge in [-0.25, -0.2) is 8.42 Å². The first kappa shape index (κ1) is 15.1. The van der Waals surface area contributed by atoms with E-state index in [4.69, 9.17) is 16.3 Å². The van der Waals surface area contributed by atoms with Crippen molar-refractivity contribution in [3.63, 3.8) is 0 Å². The molecule has 1 aliphatic rings. The van der Waals surface area contributed by atoms with Crippen molar-refractivity contribution in [2.24, 2.45) is 0 Å². The van der Waals surface area contributed by atoms with Crippen LogP contribution in [0.5, 0.6) is 5.75 Å². The van der Waals surface area contributed by atoms with Crippen molar-refractivity contribution < 1.29 is 17.9 Å². The highest BCUT2D eigenvalue weighted by Gasteiger charge is 2.33. The standard InChI is InChI=1S/C12H15ClN2O4S/c1-14-5-6-15(8-12(14)16)20(17,18)11-7-9(13)3-4-10(11)19-2/h3-4,7H,5-6,8H2,1-2H3. The van der Waals surface area contributed by atoms with Gasteiger partial charge in [0.25, 0.3) is 0 Å². The van der Waals surface area contributed by atoms with Gasteiger partial charge in [0.1, 0.15) is 10.6 Å². The molecule has 1 aromatic rings. The Morgan fingerprint density at radius 3 is 2.60 bits per heavy atom. The van der Waals surface area contributed by atoms with Gasteiger partial charge in [-0.3, -0.25) is 4.79 Å². The number of benzene rings is 1. The number of nitrogens with zero attached hydrogens (tertiary/aromatic N) is 2. The number of likely N-dealkylation sites (N-methyl/N-ethyl adjacent to an activating group) is 1. The maximum absolute atomic E-state index is 12.6. The Morgan fingerprint density at radius 1 is 1.30 bits per heavy atom. The summed E-state index contributed by atoms with van der Waals surface area (Å²) >= 11 is 5.86. The summed E-state index contributed by atoms with van der Waals surface area (Å²) in [4.78, 5) is 13.1. The van der Waals surface area contributed by atoms with Crippen LogP contribution in [0.2, 0.25) is 5.02 Å². The summed E-state index contributed by atoms with van der Waals surface area (Å²) in [5, 5.41) is 0.296. The summed E-state index contributed by atoms with van der Waals surface area (Å²) in [6.07, 6.45) is 0. The van der Waals surface area contributed by atoms with Crippen LogP contribution in [-0.2, 0) is 14.8 Å². The van der Waals surface area contributed by atoms with E-state index in [9.17, 15) is 13.2 Å². The van der Waals surface area contributed by atoms with Crippen LogP contribution in [0.25, 0.3) is 0 Å². The first-order valence-corrected chi connectivity index (χ1v) is 7.75. The van der Waals surface area contributed by atoms with E-state index in [0.717, 1.165) is 4.31 Å². The lowest BCUT2D eigenvalue weighted by Gasteiger charge is -2.31. The monoisotopic (exact) mass is 318 g/mol. The van der Waals surface area contributed by atoms with Gasteiger partial charge in [-0.1, -0.05) is 11.6 Å². The number of ether oxygens (including phenoxy) is 1. The fourth-order valence-electron chi connectivity index (χ4n) is 1.93. The molecule has 0 unspecified atom stereocenters. The Balaban J connectivity index is 2.40. The molecule has 110 valence electrons. The number of methoxy groups -OCH3 is 1. The van der Waals surface area contributed by atoms with Crippen LogP contribution >= 0.6 is 11.6 Å². The average Bonchev–Trinajstić information content (AvgIpc) is 2.41. The van der Waals surface area contributed by atoms with E-state index < -0.39 is 10.0 Å². The van der Waals surface area contributed by atoms with E-state index in [-0.39, 0.29) is 29.6 Å². The van der Waals surface area contributed by atoms with Gasteiger partial charge in [-0.2, -0.15) is 4.31 Å². The van der Waals surface area contributed by atoms with E-state index in [1.807, 2.05) is 0 Å². The number of hydrogen-bond acceptors (Lipinski definition) is 4. The van der Waals surface area contributed by atoms with Gasteiger partial charge in [-0.15, -0.1) is 0 Å². The topological polar surface area (TPSA) is 66.9 Å².